The minimum Gasteiger partial charge on any atom is -0.491 e. The number of anilines is 1. The molecule has 2 amide bonds. The molecule has 2 rings (SSSR count). The first kappa shape index (κ1) is 19.6. The first-order chi connectivity index (χ1) is 12.3. The van der Waals surface area contributed by atoms with Crippen molar-refractivity contribution in [2.75, 3.05) is 26.0 Å². The molecule has 0 aromatic heterocycles. The van der Waals surface area contributed by atoms with E-state index in [4.69, 9.17) is 4.74 Å². The van der Waals surface area contributed by atoms with Crippen molar-refractivity contribution < 1.29 is 9.53 Å². The molecule has 5 nitrogen and oxygen atoms in total. The molecule has 0 atom stereocenters. The molecule has 0 fully saturated rings. The largest absolute Gasteiger partial charge is 0.491 e. The monoisotopic (exact) mass is 355 g/mol. The fraction of sp³-hybridized carbons (Fsp3) is 0.381. The van der Waals surface area contributed by atoms with Crippen molar-refractivity contribution in [1.82, 2.24) is 10.2 Å². The molecule has 0 aliphatic carbocycles. The molecule has 2 aromatic carbocycles. The zero-order chi connectivity index (χ0) is 19.1. The standard InChI is InChI=1S/C21H29N3O2/c1-16(2)26-20-12-8-17(9-13-20)14-22-21(25)24(5)15-18-6-10-19(11-7-18)23(3)4/h6-13,16H,14-15H2,1-5H3,(H,22,25). The summed E-state index contributed by atoms with van der Waals surface area (Å²) >= 11 is 0. The minimum atomic E-state index is -0.0933. The summed E-state index contributed by atoms with van der Waals surface area (Å²) < 4.78 is 5.62. The van der Waals surface area contributed by atoms with Gasteiger partial charge in [0, 0.05) is 39.9 Å². The molecule has 0 heterocycles. The number of ether oxygens (including phenoxy) is 1. The highest BCUT2D eigenvalue weighted by Gasteiger charge is 2.09. The molecule has 0 bridgehead atoms. The van der Waals surface area contributed by atoms with Gasteiger partial charge in [-0.05, 0) is 49.2 Å². The third kappa shape index (κ3) is 5.99. The van der Waals surface area contributed by atoms with Gasteiger partial charge >= 0.3 is 6.03 Å². The second-order valence-corrected chi connectivity index (χ2v) is 6.89. The second-order valence-electron chi connectivity index (χ2n) is 6.89. The van der Waals surface area contributed by atoms with Crippen LogP contribution in [0.2, 0.25) is 0 Å². The number of hydrogen-bond donors (Lipinski definition) is 1. The Morgan fingerprint density at radius 2 is 1.54 bits per heavy atom. The summed E-state index contributed by atoms with van der Waals surface area (Å²) in [7, 11) is 5.82. The smallest absolute Gasteiger partial charge is 0.317 e. The van der Waals surface area contributed by atoms with Crippen LogP contribution in [0.15, 0.2) is 48.5 Å². The molecular weight excluding hydrogens is 326 g/mol. The van der Waals surface area contributed by atoms with Crippen LogP contribution < -0.4 is 15.0 Å². The molecule has 0 radical (unpaired) electrons. The van der Waals surface area contributed by atoms with E-state index in [1.54, 1.807) is 11.9 Å². The van der Waals surface area contributed by atoms with Gasteiger partial charge in [0.25, 0.3) is 0 Å². The van der Waals surface area contributed by atoms with Gasteiger partial charge in [-0.2, -0.15) is 0 Å². The lowest BCUT2D eigenvalue weighted by molar-refractivity contribution is 0.206. The minimum absolute atomic E-state index is 0.0933. The number of urea groups is 1. The molecule has 0 aliphatic heterocycles. The number of nitrogens with one attached hydrogen (secondary N) is 1. The van der Waals surface area contributed by atoms with Gasteiger partial charge in [-0.25, -0.2) is 4.79 Å². The van der Waals surface area contributed by atoms with E-state index in [1.165, 1.54) is 0 Å². The topological polar surface area (TPSA) is 44.8 Å². The van der Waals surface area contributed by atoms with Gasteiger partial charge in [0.05, 0.1) is 6.10 Å². The number of carbonyl (C=O) groups excluding carboxylic acids is 1. The number of amides is 2. The number of nitrogens with zero attached hydrogens (tertiary/aromatic N) is 2. The molecule has 140 valence electrons. The lowest BCUT2D eigenvalue weighted by Crippen LogP contribution is -2.36. The summed E-state index contributed by atoms with van der Waals surface area (Å²) in [5.41, 5.74) is 3.28. The van der Waals surface area contributed by atoms with Crippen molar-refractivity contribution in [3.63, 3.8) is 0 Å². The van der Waals surface area contributed by atoms with E-state index in [0.717, 1.165) is 22.6 Å². The highest BCUT2D eigenvalue weighted by Crippen LogP contribution is 2.15. The fourth-order valence-electron chi connectivity index (χ4n) is 2.52. The highest BCUT2D eigenvalue weighted by atomic mass is 16.5. The Bertz CT molecular complexity index is 694. The number of hydrogen-bond acceptors (Lipinski definition) is 3. The molecular formula is C21H29N3O2. The van der Waals surface area contributed by atoms with Gasteiger partial charge in [-0.3, -0.25) is 0 Å². The van der Waals surface area contributed by atoms with Crippen LogP contribution in [0.4, 0.5) is 10.5 Å². The molecule has 0 unspecified atom stereocenters. The predicted octanol–water partition coefficient (Wildman–Crippen LogP) is 3.88. The summed E-state index contributed by atoms with van der Waals surface area (Å²) in [6, 6.07) is 15.9. The Morgan fingerprint density at radius 3 is 2.08 bits per heavy atom. The quantitative estimate of drug-likeness (QED) is 0.820. The van der Waals surface area contributed by atoms with Crippen molar-refractivity contribution >= 4 is 11.7 Å². The van der Waals surface area contributed by atoms with Gasteiger partial charge < -0.3 is 19.9 Å². The maximum atomic E-state index is 12.3. The van der Waals surface area contributed by atoms with Crippen LogP contribution in [0.1, 0.15) is 25.0 Å². The van der Waals surface area contributed by atoms with Crippen molar-refractivity contribution in [1.29, 1.82) is 0 Å². The first-order valence-corrected chi connectivity index (χ1v) is 8.86. The number of rotatable bonds is 7. The summed E-state index contributed by atoms with van der Waals surface area (Å²) in [5.74, 6) is 0.841. The molecule has 2 aromatic rings. The average molecular weight is 355 g/mol. The first-order valence-electron chi connectivity index (χ1n) is 8.86. The third-order valence-electron chi connectivity index (χ3n) is 3.96. The molecule has 1 N–H and O–H groups in total. The van der Waals surface area contributed by atoms with E-state index >= 15 is 0 Å². The normalized spacial score (nSPS) is 10.5. The molecule has 0 aliphatic rings. The Labute approximate surface area is 156 Å². The van der Waals surface area contributed by atoms with Gasteiger partial charge in [-0.15, -0.1) is 0 Å². The second kappa shape index (κ2) is 9.13. The van der Waals surface area contributed by atoms with E-state index in [9.17, 15) is 4.79 Å². The number of carbonyl (C=O) groups is 1. The van der Waals surface area contributed by atoms with Crippen LogP contribution in [0.25, 0.3) is 0 Å². The molecule has 0 saturated heterocycles. The lowest BCUT2D eigenvalue weighted by atomic mass is 10.2. The fourth-order valence-corrected chi connectivity index (χ4v) is 2.52. The van der Waals surface area contributed by atoms with Crippen LogP contribution in [0, 0.1) is 0 Å². The van der Waals surface area contributed by atoms with E-state index in [1.807, 2.05) is 64.3 Å². The zero-order valence-electron chi connectivity index (χ0n) is 16.3. The maximum Gasteiger partial charge on any atom is 0.317 e. The Kier molecular flexibility index (Phi) is 6.89. The molecule has 0 saturated carbocycles. The van der Waals surface area contributed by atoms with Crippen LogP contribution in [0.3, 0.4) is 0 Å². The van der Waals surface area contributed by atoms with Gasteiger partial charge in [0.15, 0.2) is 0 Å². The van der Waals surface area contributed by atoms with Crippen LogP contribution in [0.5, 0.6) is 5.75 Å². The van der Waals surface area contributed by atoms with Crippen molar-refractivity contribution in [3.05, 3.63) is 59.7 Å². The van der Waals surface area contributed by atoms with E-state index in [-0.39, 0.29) is 12.1 Å². The lowest BCUT2D eigenvalue weighted by Gasteiger charge is -2.19. The summed E-state index contributed by atoms with van der Waals surface area (Å²) in [6.07, 6.45) is 0.154. The van der Waals surface area contributed by atoms with Gasteiger partial charge in [0.2, 0.25) is 0 Å². The van der Waals surface area contributed by atoms with E-state index < -0.39 is 0 Å². The summed E-state index contributed by atoms with van der Waals surface area (Å²) in [4.78, 5) is 16.0. The van der Waals surface area contributed by atoms with Gasteiger partial charge in [0.1, 0.15) is 5.75 Å². The molecule has 0 spiro atoms. The predicted molar refractivity (Wildman–Crippen MR) is 107 cm³/mol. The summed E-state index contributed by atoms with van der Waals surface area (Å²) in [6.45, 7) is 5.06. The Balaban J connectivity index is 1.83. The van der Waals surface area contributed by atoms with Gasteiger partial charge in [-0.1, -0.05) is 24.3 Å². The van der Waals surface area contributed by atoms with Crippen LogP contribution in [-0.4, -0.2) is 38.2 Å². The SMILES string of the molecule is CC(C)Oc1ccc(CNC(=O)N(C)Cc2ccc(N(C)C)cc2)cc1. The third-order valence-corrected chi connectivity index (χ3v) is 3.96. The van der Waals surface area contributed by atoms with Crippen LogP contribution >= 0.6 is 0 Å². The van der Waals surface area contributed by atoms with Crippen molar-refractivity contribution in [2.24, 2.45) is 0 Å². The summed E-state index contributed by atoms with van der Waals surface area (Å²) in [5, 5.41) is 2.95. The molecule has 5 heteroatoms. The van der Waals surface area contributed by atoms with Crippen molar-refractivity contribution in [2.45, 2.75) is 33.0 Å². The zero-order valence-corrected chi connectivity index (χ0v) is 16.3. The number of benzene rings is 2. The maximum absolute atomic E-state index is 12.3. The average Bonchev–Trinajstić information content (AvgIpc) is 2.60. The molecule has 26 heavy (non-hydrogen) atoms. The van der Waals surface area contributed by atoms with Crippen LogP contribution in [-0.2, 0) is 13.1 Å². The van der Waals surface area contributed by atoms with Crippen molar-refractivity contribution in [3.8, 4) is 5.75 Å². The van der Waals surface area contributed by atoms with E-state index in [0.29, 0.717) is 13.1 Å². The highest BCUT2D eigenvalue weighted by molar-refractivity contribution is 5.73. The van der Waals surface area contributed by atoms with E-state index in [2.05, 4.69) is 22.3 Å². The Hall–Kier alpha value is -2.69. The Morgan fingerprint density at radius 1 is 0.962 bits per heavy atom.